The molecule has 0 radical (unpaired) electrons. The molecule has 1 rings (SSSR count). The molecule has 0 spiro atoms. The molecule has 1 N–H and O–H groups in total. The average molecular weight is 205 g/mol. The Labute approximate surface area is 76.3 Å². The van der Waals surface area contributed by atoms with Crippen molar-refractivity contribution in [1.82, 2.24) is 14.8 Å². The summed E-state index contributed by atoms with van der Waals surface area (Å²) in [6, 6.07) is 0. The first-order valence-corrected chi connectivity index (χ1v) is 5.35. The van der Waals surface area contributed by atoms with Crippen molar-refractivity contribution in [3.63, 3.8) is 0 Å². The van der Waals surface area contributed by atoms with E-state index < -0.39 is 10.1 Å². The van der Waals surface area contributed by atoms with Crippen molar-refractivity contribution < 1.29 is 13.0 Å². The molecule has 1 heterocycles. The van der Waals surface area contributed by atoms with E-state index in [1.807, 2.05) is 6.92 Å². The zero-order valence-corrected chi connectivity index (χ0v) is 8.03. The Morgan fingerprint density at radius 2 is 2.31 bits per heavy atom. The van der Waals surface area contributed by atoms with Crippen molar-refractivity contribution in [2.45, 2.75) is 31.5 Å². The van der Waals surface area contributed by atoms with E-state index in [0.717, 1.165) is 19.2 Å². The summed E-state index contributed by atoms with van der Waals surface area (Å²) in [5.74, 6) is 0. The average Bonchev–Trinajstić information content (AvgIpc) is 2.47. The molecule has 0 amide bonds. The predicted octanol–water partition coefficient (Wildman–Crippen LogP) is 0.325. The van der Waals surface area contributed by atoms with Crippen LogP contribution < -0.4 is 0 Å². The van der Waals surface area contributed by atoms with Gasteiger partial charge in [0.25, 0.3) is 5.16 Å². The zero-order chi connectivity index (χ0) is 9.90. The van der Waals surface area contributed by atoms with Crippen LogP contribution >= 0.6 is 0 Å². The number of nitrogens with zero attached hydrogens (tertiary/aromatic N) is 3. The van der Waals surface area contributed by atoms with Crippen molar-refractivity contribution in [2.24, 2.45) is 0 Å². The summed E-state index contributed by atoms with van der Waals surface area (Å²) in [4.78, 5) is 3.45. The molecule has 0 aliphatic rings. The van der Waals surface area contributed by atoms with E-state index in [2.05, 4.69) is 10.1 Å². The van der Waals surface area contributed by atoms with Crippen LogP contribution in [0.15, 0.2) is 11.5 Å². The third-order valence-corrected chi connectivity index (χ3v) is 2.31. The van der Waals surface area contributed by atoms with Gasteiger partial charge in [-0.15, -0.1) is 0 Å². The van der Waals surface area contributed by atoms with Crippen molar-refractivity contribution in [1.29, 1.82) is 0 Å². The zero-order valence-electron chi connectivity index (χ0n) is 7.21. The van der Waals surface area contributed by atoms with Gasteiger partial charge in [-0.05, 0) is 6.42 Å². The molecule has 74 valence electrons. The van der Waals surface area contributed by atoms with Crippen molar-refractivity contribution >= 4 is 10.1 Å². The molecule has 0 fully saturated rings. The van der Waals surface area contributed by atoms with Gasteiger partial charge in [0.15, 0.2) is 0 Å². The molecular weight excluding hydrogens is 194 g/mol. The topological polar surface area (TPSA) is 85.1 Å². The second-order valence-electron chi connectivity index (χ2n) is 2.59. The van der Waals surface area contributed by atoms with E-state index in [9.17, 15) is 8.42 Å². The number of hydrogen-bond donors (Lipinski definition) is 1. The largest absolute Gasteiger partial charge is 0.330 e. The van der Waals surface area contributed by atoms with Gasteiger partial charge in [0.1, 0.15) is 6.33 Å². The van der Waals surface area contributed by atoms with Gasteiger partial charge in [0.2, 0.25) is 0 Å². The fourth-order valence-corrected chi connectivity index (χ4v) is 1.50. The molecule has 0 atom stereocenters. The van der Waals surface area contributed by atoms with Crippen molar-refractivity contribution in [3.8, 4) is 0 Å². The number of hydrogen-bond acceptors (Lipinski definition) is 4. The lowest BCUT2D eigenvalue weighted by molar-refractivity contribution is 0.447. The fourth-order valence-electron chi connectivity index (χ4n) is 0.915. The normalized spacial score (nSPS) is 11.8. The van der Waals surface area contributed by atoms with Crippen LogP contribution in [-0.2, 0) is 16.7 Å². The maximum atomic E-state index is 10.7. The minimum absolute atomic E-state index is 0.388. The highest BCUT2D eigenvalue weighted by Gasteiger charge is 2.17. The minimum Gasteiger partial charge on any atom is -0.279 e. The summed E-state index contributed by atoms with van der Waals surface area (Å²) in [5, 5.41) is 3.30. The van der Waals surface area contributed by atoms with Crippen LogP contribution in [0.2, 0.25) is 0 Å². The van der Waals surface area contributed by atoms with Gasteiger partial charge in [-0.3, -0.25) is 4.55 Å². The molecule has 0 aliphatic heterocycles. The van der Waals surface area contributed by atoms with Gasteiger partial charge >= 0.3 is 10.1 Å². The van der Waals surface area contributed by atoms with Crippen LogP contribution in [0.5, 0.6) is 0 Å². The van der Waals surface area contributed by atoms with Gasteiger partial charge in [-0.2, -0.15) is 13.5 Å². The quantitative estimate of drug-likeness (QED) is 0.716. The molecule has 7 heteroatoms. The fraction of sp³-hybridized carbons (Fsp3) is 0.667. The maximum absolute atomic E-state index is 10.7. The Balaban J connectivity index is 2.90. The number of rotatable bonds is 4. The van der Waals surface area contributed by atoms with Crippen LogP contribution in [0.25, 0.3) is 0 Å². The molecule has 0 saturated heterocycles. The number of unbranched alkanes of at least 4 members (excludes halogenated alkanes) is 1. The highest BCUT2D eigenvalue weighted by molar-refractivity contribution is 7.85. The molecule has 0 bridgehead atoms. The van der Waals surface area contributed by atoms with Crippen LogP contribution in [-0.4, -0.2) is 27.7 Å². The lowest BCUT2D eigenvalue weighted by atomic mass is 10.3. The molecular formula is C6H11N3O3S. The molecule has 13 heavy (non-hydrogen) atoms. The van der Waals surface area contributed by atoms with Gasteiger partial charge in [-0.25, -0.2) is 9.67 Å². The molecule has 0 unspecified atom stereocenters. The summed E-state index contributed by atoms with van der Waals surface area (Å²) in [6.07, 6.45) is 2.83. The molecule has 0 aromatic carbocycles. The van der Waals surface area contributed by atoms with Gasteiger partial charge < -0.3 is 0 Å². The standard InChI is InChI=1S/C6H11N3O3S/c1-2-3-4-9-6(7-5-8-9)13(10,11)12/h5H,2-4H2,1H3,(H,10,11,12). The highest BCUT2D eigenvalue weighted by atomic mass is 32.2. The first kappa shape index (κ1) is 10.1. The van der Waals surface area contributed by atoms with Crippen LogP contribution in [0.3, 0.4) is 0 Å². The Morgan fingerprint density at radius 3 is 2.85 bits per heavy atom. The summed E-state index contributed by atoms with van der Waals surface area (Å²) in [7, 11) is -4.23. The Morgan fingerprint density at radius 1 is 1.62 bits per heavy atom. The van der Waals surface area contributed by atoms with Crippen molar-refractivity contribution in [2.75, 3.05) is 0 Å². The Bertz CT molecular complexity index is 370. The smallest absolute Gasteiger partial charge is 0.279 e. The van der Waals surface area contributed by atoms with Gasteiger partial charge in [0.05, 0.1) is 0 Å². The molecule has 0 aliphatic carbocycles. The first-order chi connectivity index (χ1) is 6.05. The van der Waals surface area contributed by atoms with Crippen LogP contribution in [0, 0.1) is 0 Å². The number of aromatic nitrogens is 3. The second-order valence-corrected chi connectivity index (χ2v) is 3.91. The van der Waals surface area contributed by atoms with E-state index >= 15 is 0 Å². The lowest BCUT2D eigenvalue weighted by Gasteiger charge is -2.01. The molecule has 1 aromatic rings. The van der Waals surface area contributed by atoms with E-state index in [4.69, 9.17) is 4.55 Å². The predicted molar refractivity (Wildman–Crippen MR) is 44.7 cm³/mol. The van der Waals surface area contributed by atoms with Crippen molar-refractivity contribution in [3.05, 3.63) is 6.33 Å². The molecule has 0 saturated carbocycles. The van der Waals surface area contributed by atoms with Crippen LogP contribution in [0.4, 0.5) is 0 Å². The first-order valence-electron chi connectivity index (χ1n) is 3.91. The lowest BCUT2D eigenvalue weighted by Crippen LogP contribution is -2.11. The molecule has 6 nitrogen and oxygen atoms in total. The van der Waals surface area contributed by atoms with Gasteiger partial charge in [-0.1, -0.05) is 13.3 Å². The summed E-state index contributed by atoms with van der Waals surface area (Å²) in [5.41, 5.74) is 0. The summed E-state index contributed by atoms with van der Waals surface area (Å²) in [6.45, 7) is 2.43. The Kier molecular flexibility index (Phi) is 2.99. The van der Waals surface area contributed by atoms with E-state index in [1.54, 1.807) is 0 Å². The van der Waals surface area contributed by atoms with E-state index in [0.29, 0.717) is 6.54 Å². The SMILES string of the molecule is CCCCn1ncnc1S(=O)(=O)O. The third kappa shape index (κ3) is 2.49. The third-order valence-electron chi connectivity index (χ3n) is 1.53. The van der Waals surface area contributed by atoms with E-state index in [1.165, 1.54) is 4.68 Å². The monoisotopic (exact) mass is 205 g/mol. The molecule has 1 aromatic heterocycles. The Hall–Kier alpha value is -0.950. The highest BCUT2D eigenvalue weighted by Crippen LogP contribution is 2.04. The summed E-state index contributed by atoms with van der Waals surface area (Å²) < 4.78 is 31.3. The van der Waals surface area contributed by atoms with Gasteiger partial charge in [0, 0.05) is 6.54 Å². The maximum Gasteiger partial charge on any atom is 0.330 e. The minimum atomic E-state index is -4.23. The summed E-state index contributed by atoms with van der Waals surface area (Å²) >= 11 is 0. The van der Waals surface area contributed by atoms with E-state index in [-0.39, 0.29) is 5.16 Å². The number of aryl methyl sites for hydroxylation is 1. The second kappa shape index (κ2) is 3.84. The van der Waals surface area contributed by atoms with Crippen LogP contribution in [0.1, 0.15) is 19.8 Å².